The molecule has 3 aromatic rings. The van der Waals surface area contributed by atoms with Crippen LogP contribution in [0.15, 0.2) is 61.2 Å². The molecule has 0 amide bonds. The van der Waals surface area contributed by atoms with Crippen LogP contribution in [0, 0.1) is 11.3 Å². The molecule has 0 aliphatic carbocycles. The molecule has 188 valence electrons. The number of imidazole rings is 1. The fourth-order valence-corrected chi connectivity index (χ4v) is 5.13. The molecular formula is C26H27Cl2N5O3. The van der Waals surface area contributed by atoms with E-state index in [9.17, 15) is 0 Å². The van der Waals surface area contributed by atoms with Gasteiger partial charge >= 0.3 is 0 Å². The van der Waals surface area contributed by atoms with E-state index in [0.29, 0.717) is 41.9 Å². The van der Waals surface area contributed by atoms with Crippen LogP contribution in [0.5, 0.6) is 5.75 Å². The minimum absolute atomic E-state index is 0.284. The average molecular weight is 528 g/mol. The Morgan fingerprint density at radius 3 is 2.61 bits per heavy atom. The van der Waals surface area contributed by atoms with Crippen LogP contribution in [0.1, 0.15) is 5.56 Å². The monoisotopic (exact) mass is 527 g/mol. The maximum atomic E-state index is 8.88. The Labute approximate surface area is 220 Å². The van der Waals surface area contributed by atoms with Gasteiger partial charge in [0.05, 0.1) is 37.1 Å². The van der Waals surface area contributed by atoms with E-state index in [-0.39, 0.29) is 6.10 Å². The molecule has 36 heavy (non-hydrogen) atoms. The van der Waals surface area contributed by atoms with Gasteiger partial charge in [0.1, 0.15) is 18.5 Å². The van der Waals surface area contributed by atoms with Crippen LogP contribution in [0.25, 0.3) is 0 Å². The second-order valence-corrected chi connectivity index (χ2v) is 9.73. The molecule has 0 radical (unpaired) electrons. The van der Waals surface area contributed by atoms with Gasteiger partial charge in [0.15, 0.2) is 0 Å². The summed E-state index contributed by atoms with van der Waals surface area (Å²) in [7, 11) is 0. The number of benzene rings is 2. The number of nitrogens with zero attached hydrogens (tertiary/aromatic N) is 5. The van der Waals surface area contributed by atoms with E-state index in [1.54, 1.807) is 24.7 Å². The SMILES string of the molecule is N#CCN1CCN(c2ccc(OC[C@@H]3CO[C@@](Cn4ccnc4)(c4ccc(Cl)cc4Cl)O3)cc2)CC1. The number of aromatic nitrogens is 2. The number of halogens is 2. The molecule has 1 aromatic heterocycles. The molecule has 2 atom stereocenters. The molecule has 2 aliphatic rings. The van der Waals surface area contributed by atoms with Gasteiger partial charge in [-0.05, 0) is 36.4 Å². The first-order chi connectivity index (χ1) is 17.5. The second-order valence-electron chi connectivity index (χ2n) is 8.89. The molecule has 0 unspecified atom stereocenters. The largest absolute Gasteiger partial charge is 0.491 e. The Bertz CT molecular complexity index is 1190. The summed E-state index contributed by atoms with van der Waals surface area (Å²) in [5, 5.41) is 9.90. The van der Waals surface area contributed by atoms with Crippen LogP contribution >= 0.6 is 23.2 Å². The number of rotatable bonds is 8. The summed E-state index contributed by atoms with van der Waals surface area (Å²) < 4.78 is 20.6. The summed E-state index contributed by atoms with van der Waals surface area (Å²) in [6, 6.07) is 15.6. The highest BCUT2D eigenvalue weighted by atomic mass is 35.5. The van der Waals surface area contributed by atoms with Gasteiger partial charge in [-0.1, -0.05) is 29.3 Å². The molecule has 2 saturated heterocycles. The zero-order valence-corrected chi connectivity index (χ0v) is 21.2. The summed E-state index contributed by atoms with van der Waals surface area (Å²) in [6.07, 6.45) is 5.00. The lowest BCUT2D eigenvalue weighted by atomic mass is 10.1. The third kappa shape index (κ3) is 5.61. The van der Waals surface area contributed by atoms with Gasteiger partial charge in [-0.15, -0.1) is 0 Å². The van der Waals surface area contributed by atoms with Gasteiger partial charge in [-0.25, -0.2) is 4.98 Å². The van der Waals surface area contributed by atoms with Crippen LogP contribution in [0.3, 0.4) is 0 Å². The van der Waals surface area contributed by atoms with Gasteiger partial charge < -0.3 is 23.7 Å². The zero-order valence-electron chi connectivity index (χ0n) is 19.7. The Balaban J connectivity index is 1.21. The van der Waals surface area contributed by atoms with Gasteiger partial charge in [0.2, 0.25) is 5.79 Å². The van der Waals surface area contributed by atoms with Gasteiger partial charge in [0, 0.05) is 54.8 Å². The second kappa shape index (κ2) is 11.1. The third-order valence-electron chi connectivity index (χ3n) is 6.46. The first-order valence-electron chi connectivity index (χ1n) is 11.8. The zero-order chi connectivity index (χ0) is 25.0. The van der Waals surface area contributed by atoms with E-state index in [1.807, 2.05) is 29.0 Å². The van der Waals surface area contributed by atoms with Crippen molar-refractivity contribution in [3.63, 3.8) is 0 Å². The first-order valence-corrected chi connectivity index (χ1v) is 12.6. The average Bonchev–Trinajstić information content (AvgIpc) is 3.54. The van der Waals surface area contributed by atoms with Crippen molar-refractivity contribution in [3.8, 4) is 11.8 Å². The van der Waals surface area contributed by atoms with E-state index in [4.69, 9.17) is 42.7 Å². The molecule has 2 aliphatic heterocycles. The molecule has 2 aromatic carbocycles. The lowest BCUT2D eigenvalue weighted by Gasteiger charge is -2.35. The summed E-state index contributed by atoms with van der Waals surface area (Å²) in [6.45, 7) is 5.17. The Morgan fingerprint density at radius 1 is 1.11 bits per heavy atom. The fourth-order valence-electron chi connectivity index (χ4n) is 4.58. The van der Waals surface area contributed by atoms with E-state index < -0.39 is 5.79 Å². The van der Waals surface area contributed by atoms with Crippen LogP contribution in [0.2, 0.25) is 10.0 Å². The predicted octanol–water partition coefficient (Wildman–Crippen LogP) is 4.18. The molecule has 8 nitrogen and oxygen atoms in total. The first kappa shape index (κ1) is 24.9. The normalized spacial score (nSPS) is 22.5. The van der Waals surface area contributed by atoms with Gasteiger partial charge in [0.25, 0.3) is 0 Å². The third-order valence-corrected chi connectivity index (χ3v) is 7.00. The molecule has 10 heteroatoms. The summed E-state index contributed by atoms with van der Waals surface area (Å²) in [5.41, 5.74) is 1.86. The molecular weight excluding hydrogens is 501 g/mol. The van der Waals surface area contributed by atoms with Crippen LogP contribution < -0.4 is 9.64 Å². The Hall–Kier alpha value is -2.80. The van der Waals surface area contributed by atoms with Crippen LogP contribution in [0.4, 0.5) is 5.69 Å². The quantitative estimate of drug-likeness (QED) is 0.406. The maximum Gasteiger partial charge on any atom is 0.215 e. The summed E-state index contributed by atoms with van der Waals surface area (Å²) >= 11 is 12.7. The topological polar surface area (TPSA) is 75.8 Å². The van der Waals surface area contributed by atoms with E-state index in [2.05, 4.69) is 33.0 Å². The van der Waals surface area contributed by atoms with Crippen molar-refractivity contribution < 1.29 is 14.2 Å². The Kier molecular flexibility index (Phi) is 7.65. The molecule has 2 fully saturated rings. The van der Waals surface area contributed by atoms with Crippen molar-refractivity contribution in [2.75, 3.05) is 50.8 Å². The van der Waals surface area contributed by atoms with E-state index in [1.165, 1.54) is 0 Å². The van der Waals surface area contributed by atoms with Crippen molar-refractivity contribution in [2.24, 2.45) is 0 Å². The number of ether oxygens (including phenoxy) is 3. The van der Waals surface area contributed by atoms with Crippen LogP contribution in [-0.4, -0.2) is 66.5 Å². The van der Waals surface area contributed by atoms with Crippen LogP contribution in [-0.2, 0) is 21.8 Å². The number of nitriles is 1. The van der Waals surface area contributed by atoms with Crippen molar-refractivity contribution in [2.45, 2.75) is 18.4 Å². The smallest absolute Gasteiger partial charge is 0.215 e. The standard InChI is InChI=1S/C26H27Cl2N5O3/c27-20-1-6-24(25(28)15-20)26(18-32-10-8-30-19-32)35-17-23(36-26)16-34-22-4-2-21(3-5-22)33-13-11-31(9-7-29)12-14-33/h1-6,8,10,15,19,23H,9,11-14,16-18H2/t23-,26-/m1/s1. The van der Waals surface area contributed by atoms with E-state index in [0.717, 1.165) is 37.6 Å². The number of anilines is 1. The number of hydrogen-bond donors (Lipinski definition) is 0. The highest BCUT2D eigenvalue weighted by Crippen LogP contribution is 2.40. The molecule has 0 bridgehead atoms. The number of piperazine rings is 1. The van der Waals surface area contributed by atoms with Crippen molar-refractivity contribution in [1.82, 2.24) is 14.5 Å². The Morgan fingerprint density at radius 2 is 1.92 bits per heavy atom. The molecule has 0 spiro atoms. The highest BCUT2D eigenvalue weighted by molar-refractivity contribution is 6.35. The van der Waals surface area contributed by atoms with Crippen molar-refractivity contribution in [1.29, 1.82) is 5.26 Å². The molecule has 0 N–H and O–H groups in total. The lowest BCUT2D eigenvalue weighted by Crippen LogP contribution is -2.46. The maximum absolute atomic E-state index is 8.88. The molecule has 0 saturated carbocycles. The predicted molar refractivity (Wildman–Crippen MR) is 137 cm³/mol. The lowest BCUT2D eigenvalue weighted by molar-refractivity contribution is -0.189. The highest BCUT2D eigenvalue weighted by Gasteiger charge is 2.45. The number of hydrogen-bond acceptors (Lipinski definition) is 7. The summed E-state index contributed by atoms with van der Waals surface area (Å²) in [4.78, 5) is 8.62. The van der Waals surface area contributed by atoms with Gasteiger partial charge in [-0.3, -0.25) is 4.90 Å². The summed E-state index contributed by atoms with van der Waals surface area (Å²) in [5.74, 6) is -0.310. The van der Waals surface area contributed by atoms with Crippen molar-refractivity contribution >= 4 is 28.9 Å². The molecule has 3 heterocycles. The van der Waals surface area contributed by atoms with E-state index >= 15 is 0 Å². The van der Waals surface area contributed by atoms with Gasteiger partial charge in [-0.2, -0.15) is 5.26 Å². The molecule has 5 rings (SSSR count). The minimum atomic E-state index is -1.08. The minimum Gasteiger partial charge on any atom is -0.491 e. The fraction of sp³-hybridized carbons (Fsp3) is 0.385. The van der Waals surface area contributed by atoms with Crippen molar-refractivity contribution in [3.05, 3.63) is 76.8 Å².